The molecule has 3 nitrogen and oxygen atoms in total. The van der Waals surface area contributed by atoms with Gasteiger partial charge in [-0.15, -0.1) is 0 Å². The van der Waals surface area contributed by atoms with Gasteiger partial charge in [0.05, 0.1) is 11.7 Å². The van der Waals surface area contributed by atoms with Crippen LogP contribution in [0.25, 0.3) is 0 Å². The van der Waals surface area contributed by atoms with E-state index in [1.807, 2.05) is 0 Å². The fourth-order valence-electron chi connectivity index (χ4n) is 2.94. The molecule has 2 rings (SSSR count). The highest BCUT2D eigenvalue weighted by Gasteiger charge is 2.15. The zero-order chi connectivity index (χ0) is 14.0. The van der Waals surface area contributed by atoms with Crippen LogP contribution < -0.4 is 5.32 Å². The van der Waals surface area contributed by atoms with E-state index >= 15 is 0 Å². The van der Waals surface area contributed by atoms with Crippen LogP contribution in [0.1, 0.15) is 69.5 Å². The first-order chi connectivity index (χ1) is 9.90. The zero-order valence-electron chi connectivity index (χ0n) is 12.5. The van der Waals surface area contributed by atoms with Crippen molar-refractivity contribution < 1.29 is 0 Å². The monoisotopic (exact) mass is 341 g/mol. The van der Waals surface area contributed by atoms with Crippen LogP contribution in [0.2, 0.25) is 0 Å². The summed E-state index contributed by atoms with van der Waals surface area (Å²) < 4.78 is 2.20. The van der Waals surface area contributed by atoms with E-state index in [-0.39, 0.29) is 0 Å². The predicted octanol–water partition coefficient (Wildman–Crippen LogP) is 4.43. The van der Waals surface area contributed by atoms with E-state index in [4.69, 9.17) is 5.10 Å². The highest BCUT2D eigenvalue weighted by Crippen LogP contribution is 2.27. The van der Waals surface area contributed by atoms with E-state index < -0.39 is 0 Å². The van der Waals surface area contributed by atoms with Gasteiger partial charge in [0.25, 0.3) is 0 Å². The maximum Gasteiger partial charge on any atom is 0.0762 e. The molecule has 0 unspecified atom stereocenters. The molecule has 1 saturated carbocycles. The fraction of sp³-hybridized carbons (Fsp3) is 0.812. The molecule has 0 spiro atoms. The molecule has 1 aromatic heterocycles. The van der Waals surface area contributed by atoms with Gasteiger partial charge in [-0.3, -0.25) is 4.68 Å². The van der Waals surface area contributed by atoms with Crippen LogP contribution in [0.5, 0.6) is 0 Å². The van der Waals surface area contributed by atoms with E-state index in [1.165, 1.54) is 63.5 Å². The van der Waals surface area contributed by atoms with Crippen LogP contribution in [0.4, 0.5) is 0 Å². The van der Waals surface area contributed by atoms with Crippen LogP contribution in [0.15, 0.2) is 12.3 Å². The van der Waals surface area contributed by atoms with Crippen molar-refractivity contribution in [3.05, 3.63) is 18.0 Å². The van der Waals surface area contributed by atoms with Crippen LogP contribution in [-0.2, 0) is 6.54 Å². The largest absolute Gasteiger partial charge is 0.311 e. The Morgan fingerprint density at radius 3 is 2.75 bits per heavy atom. The first-order valence-corrected chi connectivity index (χ1v) is 9.33. The molecular weight excluding hydrogens is 314 g/mol. The molecule has 1 heterocycles. The van der Waals surface area contributed by atoms with Crippen LogP contribution >= 0.6 is 15.9 Å². The molecule has 0 bridgehead atoms. The van der Waals surface area contributed by atoms with Crippen molar-refractivity contribution in [2.45, 2.75) is 70.4 Å². The molecule has 0 radical (unpaired) electrons. The van der Waals surface area contributed by atoms with E-state index in [2.05, 4.69) is 38.2 Å². The Balaban J connectivity index is 1.60. The van der Waals surface area contributed by atoms with Gasteiger partial charge < -0.3 is 5.32 Å². The summed E-state index contributed by atoms with van der Waals surface area (Å²) in [6.07, 6.45) is 14.2. The van der Waals surface area contributed by atoms with Gasteiger partial charge in [-0.1, -0.05) is 48.0 Å². The third kappa shape index (κ3) is 5.57. The van der Waals surface area contributed by atoms with Crippen LogP contribution in [-0.4, -0.2) is 21.7 Å². The Morgan fingerprint density at radius 2 is 1.95 bits per heavy atom. The van der Waals surface area contributed by atoms with Gasteiger partial charge in [0.2, 0.25) is 0 Å². The lowest BCUT2D eigenvalue weighted by molar-refractivity contribution is 0.327. The topological polar surface area (TPSA) is 29.9 Å². The number of halogens is 1. The lowest BCUT2D eigenvalue weighted by Crippen LogP contribution is -2.17. The van der Waals surface area contributed by atoms with Gasteiger partial charge in [0, 0.05) is 18.1 Å². The Bertz CT molecular complexity index is 358. The van der Waals surface area contributed by atoms with Crippen molar-refractivity contribution in [1.82, 2.24) is 15.1 Å². The number of aromatic nitrogens is 2. The van der Waals surface area contributed by atoms with Crippen molar-refractivity contribution >= 4 is 15.9 Å². The summed E-state index contributed by atoms with van der Waals surface area (Å²) >= 11 is 3.47. The second-order valence-corrected chi connectivity index (χ2v) is 6.65. The van der Waals surface area contributed by atoms with Crippen molar-refractivity contribution in [3.63, 3.8) is 0 Å². The zero-order valence-corrected chi connectivity index (χ0v) is 14.1. The maximum atomic E-state index is 4.73. The molecule has 0 amide bonds. The predicted molar refractivity (Wildman–Crippen MR) is 88.3 cm³/mol. The number of rotatable bonds is 9. The average Bonchev–Trinajstić information content (AvgIpc) is 2.96. The van der Waals surface area contributed by atoms with Crippen molar-refractivity contribution in [2.75, 3.05) is 11.9 Å². The number of hydrogen-bond donors (Lipinski definition) is 1. The van der Waals surface area contributed by atoms with Crippen molar-refractivity contribution in [1.29, 1.82) is 0 Å². The summed E-state index contributed by atoms with van der Waals surface area (Å²) in [7, 11) is 0. The molecular formula is C16H28BrN3. The minimum atomic E-state index is 0.654. The van der Waals surface area contributed by atoms with Crippen LogP contribution in [0.3, 0.4) is 0 Å². The van der Waals surface area contributed by atoms with Crippen LogP contribution in [0, 0.1) is 0 Å². The first-order valence-electron chi connectivity index (χ1n) is 8.21. The summed E-state index contributed by atoms with van der Waals surface area (Å²) in [5, 5.41) is 9.37. The smallest absolute Gasteiger partial charge is 0.0762 e. The summed E-state index contributed by atoms with van der Waals surface area (Å²) in [5.74, 6) is 0. The molecule has 0 aromatic carbocycles. The second-order valence-electron chi connectivity index (χ2n) is 5.86. The molecule has 0 saturated heterocycles. The van der Waals surface area contributed by atoms with E-state index in [1.54, 1.807) is 0 Å². The number of alkyl halides is 1. The lowest BCUT2D eigenvalue weighted by atomic mass is 9.96. The summed E-state index contributed by atoms with van der Waals surface area (Å²) in [6, 6.07) is 2.83. The van der Waals surface area contributed by atoms with E-state index in [0.29, 0.717) is 6.04 Å². The van der Waals surface area contributed by atoms with Gasteiger partial charge in [-0.2, -0.15) is 5.10 Å². The average molecular weight is 342 g/mol. The standard InChI is InChI=1S/C16H28BrN3/c17-11-6-1-2-7-12-18-14-15-10-13-20(19-15)16-8-4-3-5-9-16/h10,13,16,18H,1-9,11-12,14H2. The fourth-order valence-corrected chi connectivity index (χ4v) is 3.33. The highest BCUT2D eigenvalue weighted by atomic mass is 79.9. The molecule has 0 aliphatic heterocycles. The Kier molecular flexibility index (Phi) is 7.66. The number of unbranched alkanes of at least 4 members (excludes halogenated alkanes) is 3. The lowest BCUT2D eigenvalue weighted by Gasteiger charge is -2.21. The first kappa shape index (κ1) is 16.0. The molecule has 1 N–H and O–H groups in total. The molecule has 114 valence electrons. The minimum Gasteiger partial charge on any atom is -0.311 e. The van der Waals surface area contributed by atoms with Gasteiger partial charge in [0.15, 0.2) is 0 Å². The molecule has 1 aliphatic carbocycles. The minimum absolute atomic E-state index is 0.654. The van der Waals surface area contributed by atoms with E-state index in [0.717, 1.165) is 18.4 Å². The van der Waals surface area contributed by atoms with Gasteiger partial charge in [0.1, 0.15) is 0 Å². The summed E-state index contributed by atoms with van der Waals surface area (Å²) in [6.45, 7) is 2.02. The molecule has 1 aromatic rings. The summed E-state index contributed by atoms with van der Waals surface area (Å²) in [5.41, 5.74) is 1.19. The normalized spacial score (nSPS) is 16.6. The second kappa shape index (κ2) is 9.56. The highest BCUT2D eigenvalue weighted by molar-refractivity contribution is 9.09. The maximum absolute atomic E-state index is 4.73. The third-order valence-electron chi connectivity index (χ3n) is 4.16. The van der Waals surface area contributed by atoms with Crippen molar-refractivity contribution in [2.24, 2.45) is 0 Å². The van der Waals surface area contributed by atoms with E-state index in [9.17, 15) is 0 Å². The molecule has 4 heteroatoms. The quantitative estimate of drug-likeness (QED) is 0.531. The summed E-state index contributed by atoms with van der Waals surface area (Å²) in [4.78, 5) is 0. The van der Waals surface area contributed by atoms with Gasteiger partial charge >= 0.3 is 0 Å². The van der Waals surface area contributed by atoms with Gasteiger partial charge in [-0.05, 0) is 38.3 Å². The molecule has 0 atom stereocenters. The SMILES string of the molecule is BrCCCCCCNCc1ccn(C2CCCCC2)n1. The number of hydrogen-bond acceptors (Lipinski definition) is 2. The number of nitrogens with one attached hydrogen (secondary N) is 1. The number of nitrogens with zero attached hydrogens (tertiary/aromatic N) is 2. The Morgan fingerprint density at radius 1 is 1.15 bits per heavy atom. The molecule has 20 heavy (non-hydrogen) atoms. The van der Waals surface area contributed by atoms with Crippen molar-refractivity contribution in [3.8, 4) is 0 Å². The third-order valence-corrected chi connectivity index (χ3v) is 4.72. The molecule has 1 fully saturated rings. The Hall–Kier alpha value is -0.350. The van der Waals surface area contributed by atoms with Gasteiger partial charge in [-0.25, -0.2) is 0 Å². The Labute approximate surface area is 131 Å². The molecule has 1 aliphatic rings.